The number of hydrogen-bond donors (Lipinski definition) is 1. The van der Waals surface area contributed by atoms with E-state index in [1.54, 1.807) is 6.33 Å². The average molecular weight is 753 g/mol. The number of hydrogen-bond acceptors (Lipinski definition) is 7. The number of rotatable bonds is 16. The van der Waals surface area contributed by atoms with E-state index >= 15 is 0 Å². The van der Waals surface area contributed by atoms with Gasteiger partial charge in [0.25, 0.3) is 5.91 Å². The molecule has 3 heterocycles. The first kappa shape index (κ1) is 39.4. The molecule has 6 rings (SSSR count). The van der Waals surface area contributed by atoms with E-state index in [-0.39, 0.29) is 5.91 Å². The molecule has 0 spiro atoms. The van der Waals surface area contributed by atoms with E-state index in [4.69, 9.17) is 14.2 Å². The fraction of sp³-hybridized carbons (Fsp3) is 0.455. The number of aryl methyl sites for hydroxylation is 2. The van der Waals surface area contributed by atoms with Crippen molar-refractivity contribution < 1.29 is 23.2 Å². The third kappa shape index (κ3) is 10.7. The van der Waals surface area contributed by atoms with Gasteiger partial charge in [-0.3, -0.25) is 9.00 Å². The molecule has 2 aliphatic heterocycles. The second-order valence-electron chi connectivity index (χ2n) is 14.3. The second-order valence-corrected chi connectivity index (χ2v) is 15.8. The lowest BCUT2D eigenvalue weighted by Gasteiger charge is -2.32. The minimum Gasteiger partial charge on any atom is -0.491 e. The molecule has 0 unspecified atom stereocenters. The molecular weight excluding hydrogens is 697 g/mol. The van der Waals surface area contributed by atoms with Crippen LogP contribution < -0.4 is 15.0 Å². The Morgan fingerprint density at radius 3 is 2.56 bits per heavy atom. The number of benzene rings is 3. The summed E-state index contributed by atoms with van der Waals surface area (Å²) >= 11 is 0. The van der Waals surface area contributed by atoms with E-state index in [2.05, 4.69) is 65.5 Å². The zero-order valence-electron chi connectivity index (χ0n) is 32.2. The van der Waals surface area contributed by atoms with Gasteiger partial charge in [-0.15, -0.1) is 0 Å². The predicted octanol–water partition coefficient (Wildman–Crippen LogP) is 8.82. The Balaban J connectivity index is 1.20. The van der Waals surface area contributed by atoms with Crippen molar-refractivity contribution in [1.82, 2.24) is 9.55 Å². The van der Waals surface area contributed by atoms with Crippen LogP contribution in [0.25, 0.3) is 17.2 Å². The molecule has 0 saturated carbocycles. The minimum atomic E-state index is -1.23. The lowest BCUT2D eigenvalue weighted by Crippen LogP contribution is -2.34. The number of carbonyl (C=O) groups is 1. The Morgan fingerprint density at radius 2 is 1.80 bits per heavy atom. The van der Waals surface area contributed by atoms with Gasteiger partial charge in [-0.1, -0.05) is 31.5 Å². The SMILES string of the molecule is CCCCOCCOc1ccc(-c2ccc3c(c2)/C=C(/C(=O)Nc2ccc([S@](=O)Cc4c(C)ncn4CC)cc2)CCCCN3C[C@@H]2CCCOC2)cc1. The van der Waals surface area contributed by atoms with Gasteiger partial charge in [-0.2, -0.15) is 0 Å². The summed E-state index contributed by atoms with van der Waals surface area (Å²) in [7, 11) is -1.23. The van der Waals surface area contributed by atoms with E-state index < -0.39 is 10.8 Å². The maximum Gasteiger partial charge on any atom is 0.251 e. The molecular formula is C44H56N4O5S. The molecule has 1 fully saturated rings. The highest BCUT2D eigenvalue weighted by Crippen LogP contribution is 2.34. The van der Waals surface area contributed by atoms with E-state index in [0.717, 1.165) is 122 Å². The summed E-state index contributed by atoms with van der Waals surface area (Å²) in [6.45, 7) is 12.3. The summed E-state index contributed by atoms with van der Waals surface area (Å²) in [6, 6.07) is 22.2. The van der Waals surface area contributed by atoms with Crippen LogP contribution in [0.4, 0.5) is 11.4 Å². The molecule has 9 nitrogen and oxygen atoms in total. The summed E-state index contributed by atoms with van der Waals surface area (Å²) in [4.78, 5) is 21.6. The van der Waals surface area contributed by atoms with Crippen LogP contribution in [0.2, 0.25) is 0 Å². The largest absolute Gasteiger partial charge is 0.491 e. The third-order valence-electron chi connectivity index (χ3n) is 10.3. The van der Waals surface area contributed by atoms with Crippen LogP contribution >= 0.6 is 0 Å². The Bertz CT molecular complexity index is 1860. The van der Waals surface area contributed by atoms with Crippen LogP contribution in [-0.4, -0.2) is 65.8 Å². The zero-order valence-corrected chi connectivity index (χ0v) is 33.0. The molecule has 1 amide bonds. The van der Waals surface area contributed by atoms with Crippen molar-refractivity contribution in [1.29, 1.82) is 0 Å². The van der Waals surface area contributed by atoms with Crippen LogP contribution in [0, 0.1) is 12.8 Å². The topological polar surface area (TPSA) is 94.9 Å². The highest BCUT2D eigenvalue weighted by atomic mass is 32.2. The van der Waals surface area contributed by atoms with Crippen molar-refractivity contribution in [3.63, 3.8) is 0 Å². The van der Waals surface area contributed by atoms with Crippen molar-refractivity contribution in [2.75, 3.05) is 56.3 Å². The van der Waals surface area contributed by atoms with E-state index in [9.17, 15) is 9.00 Å². The molecule has 2 atom stereocenters. The van der Waals surface area contributed by atoms with Crippen molar-refractivity contribution >= 4 is 34.2 Å². The van der Waals surface area contributed by atoms with Crippen molar-refractivity contribution in [2.24, 2.45) is 5.92 Å². The molecule has 1 aromatic heterocycles. The lowest BCUT2D eigenvalue weighted by molar-refractivity contribution is -0.112. The smallest absolute Gasteiger partial charge is 0.251 e. The van der Waals surface area contributed by atoms with Gasteiger partial charge in [0.2, 0.25) is 0 Å². The van der Waals surface area contributed by atoms with Crippen LogP contribution in [0.1, 0.15) is 75.7 Å². The second kappa shape index (κ2) is 19.9. The number of amides is 1. The molecule has 1 saturated heterocycles. The van der Waals surface area contributed by atoms with Gasteiger partial charge in [0.1, 0.15) is 12.4 Å². The van der Waals surface area contributed by atoms with E-state index in [1.807, 2.05) is 47.9 Å². The summed E-state index contributed by atoms with van der Waals surface area (Å²) < 4.78 is 32.7. The quantitative estimate of drug-likeness (QED) is 0.114. The number of anilines is 2. The minimum absolute atomic E-state index is 0.114. The van der Waals surface area contributed by atoms with Crippen LogP contribution in [0.3, 0.4) is 0 Å². The van der Waals surface area contributed by atoms with Gasteiger partial charge in [0, 0.05) is 54.7 Å². The number of carbonyl (C=O) groups excluding carboxylic acids is 1. The first-order valence-electron chi connectivity index (χ1n) is 19.7. The number of unbranched alkanes of at least 4 members (excludes halogenated alkanes) is 1. The number of nitrogens with zero attached hydrogens (tertiary/aromatic N) is 3. The van der Waals surface area contributed by atoms with Crippen LogP contribution in [-0.2, 0) is 37.4 Å². The molecule has 54 heavy (non-hydrogen) atoms. The Morgan fingerprint density at radius 1 is 0.981 bits per heavy atom. The van der Waals surface area contributed by atoms with Gasteiger partial charge in [-0.25, -0.2) is 4.98 Å². The summed E-state index contributed by atoms with van der Waals surface area (Å²) in [5.74, 6) is 1.59. The summed E-state index contributed by atoms with van der Waals surface area (Å²) in [5, 5.41) is 3.14. The van der Waals surface area contributed by atoms with Crippen molar-refractivity contribution in [3.05, 3.63) is 95.6 Å². The van der Waals surface area contributed by atoms with Gasteiger partial charge in [0.05, 0.1) is 47.5 Å². The molecule has 3 aromatic carbocycles. The maximum absolute atomic E-state index is 13.9. The Hall–Kier alpha value is -4.25. The predicted molar refractivity (Wildman–Crippen MR) is 219 cm³/mol. The number of ether oxygens (including phenoxy) is 3. The van der Waals surface area contributed by atoms with Crippen molar-refractivity contribution in [3.8, 4) is 16.9 Å². The highest BCUT2D eigenvalue weighted by molar-refractivity contribution is 7.84. The van der Waals surface area contributed by atoms with Gasteiger partial charge in [-0.05, 0) is 130 Å². The van der Waals surface area contributed by atoms with Crippen molar-refractivity contribution in [2.45, 2.75) is 82.9 Å². The average Bonchev–Trinajstić information content (AvgIpc) is 3.59. The Kier molecular flexibility index (Phi) is 14.5. The first-order chi connectivity index (χ1) is 26.4. The zero-order chi connectivity index (χ0) is 37.7. The summed E-state index contributed by atoms with van der Waals surface area (Å²) in [5.41, 5.74) is 7.66. The fourth-order valence-corrected chi connectivity index (χ4v) is 8.38. The molecule has 4 aromatic rings. The van der Waals surface area contributed by atoms with Crippen LogP contribution in [0.5, 0.6) is 5.75 Å². The number of imidazole rings is 1. The molecule has 2 aliphatic rings. The standard InChI is InChI=1S/C44H56N4O5S/c1-4-6-23-51-25-26-53-40-17-12-35(13-18-40)36-14-21-42-38(27-36)28-37(11-7-8-22-48(42)29-34-10-9-24-52-30-34)44(49)46-39-15-19-41(20-16-39)54(50)31-43-33(3)45-32-47(43)5-2/h12-21,27-28,32,34H,4-11,22-26,29-31H2,1-3H3,(H,46,49)/b37-28+/t34-,54+/m0/s1. The molecule has 0 aliphatic carbocycles. The Labute approximate surface area is 323 Å². The van der Waals surface area contributed by atoms with E-state index in [1.165, 1.54) is 6.42 Å². The summed E-state index contributed by atoms with van der Waals surface area (Å²) in [6.07, 6.45) is 10.9. The van der Waals surface area contributed by atoms with E-state index in [0.29, 0.717) is 37.0 Å². The van der Waals surface area contributed by atoms with Crippen LogP contribution in [0.15, 0.2) is 83.5 Å². The number of aromatic nitrogens is 2. The van der Waals surface area contributed by atoms with Gasteiger partial charge < -0.3 is 29.0 Å². The first-order valence-corrected chi connectivity index (χ1v) is 21.0. The monoisotopic (exact) mass is 752 g/mol. The molecule has 0 radical (unpaired) electrons. The molecule has 0 bridgehead atoms. The molecule has 1 N–H and O–H groups in total. The maximum atomic E-state index is 13.9. The highest BCUT2D eigenvalue weighted by Gasteiger charge is 2.22. The normalized spacial score (nSPS) is 17.7. The lowest BCUT2D eigenvalue weighted by atomic mass is 9.97. The molecule has 10 heteroatoms. The molecule has 288 valence electrons. The fourth-order valence-electron chi connectivity index (χ4n) is 7.16. The number of nitrogens with one attached hydrogen (secondary N) is 1. The van der Waals surface area contributed by atoms with Gasteiger partial charge in [0.15, 0.2) is 0 Å². The van der Waals surface area contributed by atoms with Gasteiger partial charge >= 0.3 is 0 Å². The third-order valence-corrected chi connectivity index (χ3v) is 11.6. The number of fused-ring (bicyclic) bond motifs is 1.